The highest BCUT2D eigenvalue weighted by atomic mass is 16.2. The molecule has 0 aliphatic carbocycles. The van der Waals surface area contributed by atoms with E-state index >= 15 is 0 Å². The molecule has 1 amide bonds. The summed E-state index contributed by atoms with van der Waals surface area (Å²) in [7, 11) is 1.80. The summed E-state index contributed by atoms with van der Waals surface area (Å²) in [5.74, 6) is 0.553. The topological polar surface area (TPSA) is 41.1 Å². The van der Waals surface area contributed by atoms with Crippen LogP contribution in [-0.2, 0) is 4.79 Å². The van der Waals surface area contributed by atoms with E-state index in [9.17, 15) is 4.79 Å². The molecule has 0 bridgehead atoms. The van der Waals surface area contributed by atoms with Gasteiger partial charge in [0.25, 0.3) is 0 Å². The third-order valence-electron chi connectivity index (χ3n) is 2.75. The van der Waals surface area contributed by atoms with Crippen LogP contribution < -0.4 is 10.6 Å². The summed E-state index contributed by atoms with van der Waals surface area (Å²) < 4.78 is 0. The summed E-state index contributed by atoms with van der Waals surface area (Å²) in [6, 6.07) is 0.273. The zero-order valence-corrected chi connectivity index (χ0v) is 10.3. The van der Waals surface area contributed by atoms with Crippen LogP contribution in [0.2, 0.25) is 0 Å². The van der Waals surface area contributed by atoms with Crippen molar-refractivity contribution in [3.63, 3.8) is 0 Å². The van der Waals surface area contributed by atoms with Crippen LogP contribution in [0.1, 0.15) is 41.0 Å². The van der Waals surface area contributed by atoms with Gasteiger partial charge in [-0.25, -0.2) is 0 Å². The van der Waals surface area contributed by atoms with Crippen molar-refractivity contribution < 1.29 is 4.79 Å². The predicted molar refractivity (Wildman–Crippen MR) is 60.2 cm³/mol. The molecule has 0 aromatic carbocycles. The molecule has 0 aromatic rings. The zero-order valence-electron chi connectivity index (χ0n) is 10.3. The number of hydrogen-bond donors (Lipinski definition) is 2. The molecule has 0 fully saturated rings. The summed E-state index contributed by atoms with van der Waals surface area (Å²) in [4.78, 5) is 11.8. The van der Waals surface area contributed by atoms with E-state index in [1.54, 1.807) is 7.05 Å². The third kappa shape index (κ3) is 3.66. The molecule has 2 N–H and O–H groups in total. The smallest absolute Gasteiger partial charge is 0.239 e. The predicted octanol–water partition coefficient (Wildman–Crippen LogP) is 1.54. The maximum atomic E-state index is 11.8. The van der Waals surface area contributed by atoms with Crippen molar-refractivity contribution in [2.24, 2.45) is 5.92 Å². The van der Waals surface area contributed by atoms with Crippen molar-refractivity contribution in [1.29, 1.82) is 0 Å². The minimum absolute atomic E-state index is 0.0700. The zero-order chi connectivity index (χ0) is 11.4. The molecule has 0 saturated carbocycles. The quantitative estimate of drug-likeness (QED) is 0.706. The summed E-state index contributed by atoms with van der Waals surface area (Å²) in [5.41, 5.74) is -0.484. The van der Waals surface area contributed by atoms with Crippen LogP contribution in [0, 0.1) is 5.92 Å². The number of amides is 1. The van der Waals surface area contributed by atoms with Crippen molar-refractivity contribution in [2.75, 3.05) is 7.05 Å². The first-order valence-corrected chi connectivity index (χ1v) is 5.35. The van der Waals surface area contributed by atoms with Gasteiger partial charge in [0, 0.05) is 6.04 Å². The van der Waals surface area contributed by atoms with Crippen molar-refractivity contribution in [2.45, 2.75) is 52.6 Å². The van der Waals surface area contributed by atoms with Gasteiger partial charge in [0.05, 0.1) is 5.54 Å². The fourth-order valence-electron chi connectivity index (χ4n) is 1.20. The van der Waals surface area contributed by atoms with Crippen LogP contribution in [0.25, 0.3) is 0 Å². The van der Waals surface area contributed by atoms with Crippen LogP contribution in [0.5, 0.6) is 0 Å². The van der Waals surface area contributed by atoms with Gasteiger partial charge in [0.2, 0.25) is 5.91 Å². The highest BCUT2D eigenvalue weighted by molar-refractivity contribution is 5.85. The fraction of sp³-hybridized carbons (Fsp3) is 0.909. The van der Waals surface area contributed by atoms with E-state index in [-0.39, 0.29) is 11.9 Å². The second-order valence-electron chi connectivity index (χ2n) is 4.61. The van der Waals surface area contributed by atoms with Crippen LogP contribution in [-0.4, -0.2) is 24.5 Å². The van der Waals surface area contributed by atoms with Gasteiger partial charge in [-0.1, -0.05) is 20.8 Å². The van der Waals surface area contributed by atoms with Crippen LogP contribution in [0.15, 0.2) is 0 Å². The van der Waals surface area contributed by atoms with E-state index in [1.165, 1.54) is 0 Å². The molecule has 0 spiro atoms. The Kier molecular flexibility index (Phi) is 5.13. The van der Waals surface area contributed by atoms with E-state index < -0.39 is 5.54 Å². The lowest BCUT2D eigenvalue weighted by Crippen LogP contribution is -2.54. The molecule has 84 valence electrons. The monoisotopic (exact) mass is 200 g/mol. The number of hydrogen-bond acceptors (Lipinski definition) is 2. The Morgan fingerprint density at radius 3 is 2.14 bits per heavy atom. The molecule has 0 heterocycles. The Labute approximate surface area is 87.6 Å². The van der Waals surface area contributed by atoms with Gasteiger partial charge in [0.1, 0.15) is 0 Å². The van der Waals surface area contributed by atoms with Gasteiger partial charge in [-0.05, 0) is 33.2 Å². The van der Waals surface area contributed by atoms with Gasteiger partial charge in [0.15, 0.2) is 0 Å². The first-order chi connectivity index (χ1) is 6.35. The summed E-state index contributed by atoms with van der Waals surface area (Å²) in [6.07, 6.45) is 0.975. The van der Waals surface area contributed by atoms with Crippen molar-refractivity contribution in [1.82, 2.24) is 10.6 Å². The molecule has 0 aliphatic heterocycles. The Balaban J connectivity index is 4.30. The lowest BCUT2D eigenvalue weighted by atomic mass is 9.99. The first kappa shape index (κ1) is 13.4. The number of nitrogens with one attached hydrogen (secondary N) is 2. The summed E-state index contributed by atoms with van der Waals surface area (Å²) >= 11 is 0. The molecular weight excluding hydrogens is 176 g/mol. The standard InChI is InChI=1S/C11H24N2O/c1-7-9(8(2)3)13-10(14)11(4,5)12-6/h8-9,12H,7H2,1-6H3,(H,13,14). The highest BCUT2D eigenvalue weighted by Gasteiger charge is 2.27. The molecular formula is C11H24N2O. The van der Waals surface area contributed by atoms with Gasteiger partial charge in [-0.3, -0.25) is 4.79 Å². The lowest BCUT2D eigenvalue weighted by molar-refractivity contribution is -0.127. The van der Waals surface area contributed by atoms with Gasteiger partial charge >= 0.3 is 0 Å². The van der Waals surface area contributed by atoms with Crippen LogP contribution in [0.4, 0.5) is 0 Å². The molecule has 3 nitrogen and oxygen atoms in total. The molecule has 0 saturated heterocycles. The van der Waals surface area contributed by atoms with E-state index in [0.29, 0.717) is 5.92 Å². The molecule has 1 unspecified atom stereocenters. The van der Waals surface area contributed by atoms with Gasteiger partial charge < -0.3 is 10.6 Å². The molecule has 3 heteroatoms. The normalized spacial score (nSPS) is 14.2. The largest absolute Gasteiger partial charge is 0.352 e. The van der Waals surface area contributed by atoms with Crippen LogP contribution >= 0.6 is 0 Å². The van der Waals surface area contributed by atoms with Crippen LogP contribution in [0.3, 0.4) is 0 Å². The summed E-state index contributed by atoms with van der Waals surface area (Å²) in [5, 5.41) is 6.05. The second kappa shape index (κ2) is 5.35. The molecule has 0 radical (unpaired) electrons. The SMILES string of the molecule is CCC(NC(=O)C(C)(C)NC)C(C)C. The van der Waals surface area contributed by atoms with E-state index in [2.05, 4.69) is 31.4 Å². The maximum Gasteiger partial charge on any atom is 0.239 e. The van der Waals surface area contributed by atoms with Crippen molar-refractivity contribution in [3.05, 3.63) is 0 Å². The molecule has 0 aliphatic rings. The Bertz CT molecular complexity index is 188. The number of rotatable bonds is 5. The Hall–Kier alpha value is -0.570. The van der Waals surface area contributed by atoms with Crippen molar-refractivity contribution >= 4 is 5.91 Å². The third-order valence-corrected chi connectivity index (χ3v) is 2.75. The van der Waals surface area contributed by atoms with Crippen molar-refractivity contribution in [3.8, 4) is 0 Å². The van der Waals surface area contributed by atoms with Gasteiger partial charge in [-0.2, -0.15) is 0 Å². The number of likely N-dealkylation sites (N-methyl/N-ethyl adjacent to an activating group) is 1. The minimum Gasteiger partial charge on any atom is -0.352 e. The second-order valence-corrected chi connectivity index (χ2v) is 4.61. The molecule has 0 rings (SSSR count). The first-order valence-electron chi connectivity index (χ1n) is 5.35. The highest BCUT2D eigenvalue weighted by Crippen LogP contribution is 2.08. The fourth-order valence-corrected chi connectivity index (χ4v) is 1.20. The number of carbonyl (C=O) groups excluding carboxylic acids is 1. The van der Waals surface area contributed by atoms with E-state index in [1.807, 2.05) is 13.8 Å². The lowest BCUT2D eigenvalue weighted by Gasteiger charge is -2.28. The van der Waals surface area contributed by atoms with E-state index in [0.717, 1.165) is 6.42 Å². The maximum absolute atomic E-state index is 11.8. The van der Waals surface area contributed by atoms with Gasteiger partial charge in [-0.15, -0.1) is 0 Å². The van der Waals surface area contributed by atoms with E-state index in [4.69, 9.17) is 0 Å². The number of carbonyl (C=O) groups is 1. The average molecular weight is 200 g/mol. The Morgan fingerprint density at radius 1 is 1.36 bits per heavy atom. The molecule has 0 aromatic heterocycles. The molecule has 1 atom stereocenters. The minimum atomic E-state index is -0.484. The Morgan fingerprint density at radius 2 is 1.86 bits per heavy atom. The molecule has 14 heavy (non-hydrogen) atoms. The summed E-state index contributed by atoms with van der Waals surface area (Å²) in [6.45, 7) is 10.1. The average Bonchev–Trinajstić information content (AvgIpc) is 2.12.